The molecule has 1 rings (SSSR count). The lowest BCUT2D eigenvalue weighted by atomic mass is 10.2. The number of hydrogen-bond donors (Lipinski definition) is 1. The van der Waals surface area contributed by atoms with Crippen LogP contribution >= 0.6 is 15.9 Å². The lowest BCUT2D eigenvalue weighted by Crippen LogP contribution is -2.40. The maximum atomic E-state index is 12.2. The predicted molar refractivity (Wildman–Crippen MR) is 79.4 cm³/mol. The minimum Gasteiger partial charge on any atom is -0.481 e. The highest BCUT2D eigenvalue weighted by Crippen LogP contribution is 2.19. The molecular formula is C12H17BrN2O4S. The van der Waals surface area contributed by atoms with E-state index >= 15 is 0 Å². The Morgan fingerprint density at radius 3 is 2.40 bits per heavy atom. The summed E-state index contributed by atoms with van der Waals surface area (Å²) in [6, 6.07) is 7.34. The van der Waals surface area contributed by atoms with Crippen LogP contribution in [0.1, 0.15) is 12.0 Å². The third-order valence-corrected chi connectivity index (χ3v) is 5.44. The van der Waals surface area contributed by atoms with E-state index < -0.39 is 16.2 Å². The second-order valence-electron chi connectivity index (χ2n) is 4.32. The van der Waals surface area contributed by atoms with Crippen molar-refractivity contribution in [3.63, 3.8) is 0 Å². The number of aliphatic carboxylic acids is 1. The number of carbonyl (C=O) groups is 1. The van der Waals surface area contributed by atoms with Crippen molar-refractivity contribution in [3.8, 4) is 0 Å². The molecule has 112 valence electrons. The molecule has 1 aromatic rings. The summed E-state index contributed by atoms with van der Waals surface area (Å²) in [6.07, 6.45) is -0.224. The van der Waals surface area contributed by atoms with Gasteiger partial charge in [-0.05, 0) is 11.6 Å². The van der Waals surface area contributed by atoms with Gasteiger partial charge in [-0.2, -0.15) is 17.0 Å². The van der Waals surface area contributed by atoms with Crippen molar-refractivity contribution in [2.75, 3.05) is 20.6 Å². The molecule has 0 aliphatic rings. The Morgan fingerprint density at radius 1 is 1.25 bits per heavy atom. The summed E-state index contributed by atoms with van der Waals surface area (Å²) in [5, 5.41) is 8.60. The highest BCUT2D eigenvalue weighted by molar-refractivity contribution is 9.10. The fraction of sp³-hybridized carbons (Fsp3) is 0.417. The Hall–Kier alpha value is -0.960. The van der Waals surface area contributed by atoms with E-state index in [1.165, 1.54) is 18.4 Å². The Balaban J connectivity index is 2.77. The monoisotopic (exact) mass is 364 g/mol. The lowest BCUT2D eigenvalue weighted by Gasteiger charge is -2.24. The molecule has 0 aliphatic carbocycles. The normalized spacial score (nSPS) is 12.1. The summed E-state index contributed by atoms with van der Waals surface area (Å²) in [7, 11) is -0.833. The van der Waals surface area contributed by atoms with Gasteiger partial charge >= 0.3 is 5.97 Å². The molecule has 0 saturated heterocycles. The van der Waals surface area contributed by atoms with Crippen LogP contribution < -0.4 is 0 Å². The van der Waals surface area contributed by atoms with Crippen LogP contribution in [0.3, 0.4) is 0 Å². The van der Waals surface area contributed by atoms with E-state index in [1.54, 1.807) is 0 Å². The first-order valence-corrected chi connectivity index (χ1v) is 8.07. The quantitative estimate of drug-likeness (QED) is 0.795. The van der Waals surface area contributed by atoms with Gasteiger partial charge in [-0.3, -0.25) is 4.79 Å². The maximum Gasteiger partial charge on any atom is 0.304 e. The number of rotatable bonds is 7. The second-order valence-corrected chi connectivity index (χ2v) is 7.32. The van der Waals surface area contributed by atoms with Crippen LogP contribution in [0.4, 0.5) is 0 Å². The molecule has 0 heterocycles. The molecule has 0 fully saturated rings. The first kappa shape index (κ1) is 17.1. The van der Waals surface area contributed by atoms with Gasteiger partial charge in [-0.1, -0.05) is 34.1 Å². The standard InChI is InChI=1S/C12H17BrN2O4S/c1-14(8-7-12(16)17)20(18,19)15(2)9-10-5-3-4-6-11(10)13/h3-6H,7-9H2,1-2H3,(H,16,17). The Bertz CT molecular complexity index is 577. The van der Waals surface area contributed by atoms with Crippen LogP contribution in [0.5, 0.6) is 0 Å². The molecule has 20 heavy (non-hydrogen) atoms. The van der Waals surface area contributed by atoms with Crippen LogP contribution in [-0.4, -0.2) is 48.7 Å². The summed E-state index contributed by atoms with van der Waals surface area (Å²) >= 11 is 3.37. The van der Waals surface area contributed by atoms with E-state index in [4.69, 9.17) is 5.11 Å². The largest absolute Gasteiger partial charge is 0.481 e. The second kappa shape index (κ2) is 7.16. The van der Waals surface area contributed by atoms with E-state index in [2.05, 4.69) is 15.9 Å². The zero-order chi connectivity index (χ0) is 15.3. The van der Waals surface area contributed by atoms with Crippen molar-refractivity contribution < 1.29 is 18.3 Å². The van der Waals surface area contributed by atoms with Gasteiger partial charge in [-0.15, -0.1) is 0 Å². The van der Waals surface area contributed by atoms with Crippen molar-refractivity contribution >= 4 is 32.1 Å². The summed E-state index contributed by atoms with van der Waals surface area (Å²) in [6.45, 7) is 0.152. The molecule has 0 saturated carbocycles. The van der Waals surface area contributed by atoms with Crippen LogP contribution in [0.25, 0.3) is 0 Å². The molecule has 0 aliphatic heterocycles. The summed E-state index contributed by atoms with van der Waals surface area (Å²) in [5.41, 5.74) is 0.838. The van der Waals surface area contributed by atoms with Crippen LogP contribution in [-0.2, 0) is 21.5 Å². The molecule has 0 amide bonds. The van der Waals surface area contributed by atoms with E-state index in [0.717, 1.165) is 14.3 Å². The number of benzene rings is 1. The third-order valence-electron chi connectivity index (χ3n) is 2.78. The van der Waals surface area contributed by atoms with Crippen molar-refractivity contribution in [1.29, 1.82) is 0 Å². The van der Waals surface area contributed by atoms with Gasteiger partial charge in [0.15, 0.2) is 0 Å². The summed E-state index contributed by atoms with van der Waals surface area (Å²) in [5.74, 6) is -1.03. The zero-order valence-electron chi connectivity index (χ0n) is 11.3. The molecule has 0 radical (unpaired) electrons. The number of carboxylic acids is 1. The summed E-state index contributed by atoms with van der Waals surface area (Å²) < 4.78 is 27.5. The Morgan fingerprint density at radius 2 is 1.85 bits per heavy atom. The first-order valence-electron chi connectivity index (χ1n) is 5.88. The molecule has 1 N–H and O–H groups in total. The van der Waals surface area contributed by atoms with Crippen molar-refractivity contribution in [2.24, 2.45) is 0 Å². The van der Waals surface area contributed by atoms with Gasteiger partial charge in [0.25, 0.3) is 10.2 Å². The van der Waals surface area contributed by atoms with E-state index in [0.29, 0.717) is 0 Å². The molecule has 0 aromatic heterocycles. The van der Waals surface area contributed by atoms with Gasteiger partial charge in [0, 0.05) is 31.7 Å². The van der Waals surface area contributed by atoms with E-state index in [9.17, 15) is 13.2 Å². The molecular weight excluding hydrogens is 348 g/mol. The van der Waals surface area contributed by atoms with Crippen molar-refractivity contribution in [2.45, 2.75) is 13.0 Å². The Labute approximate surface area is 127 Å². The molecule has 0 bridgehead atoms. The molecule has 0 unspecified atom stereocenters. The van der Waals surface area contributed by atoms with Gasteiger partial charge in [-0.25, -0.2) is 0 Å². The van der Waals surface area contributed by atoms with Gasteiger partial charge in [0.2, 0.25) is 0 Å². The van der Waals surface area contributed by atoms with Crippen LogP contribution in [0, 0.1) is 0 Å². The molecule has 1 aromatic carbocycles. The van der Waals surface area contributed by atoms with Gasteiger partial charge < -0.3 is 5.11 Å². The highest BCUT2D eigenvalue weighted by atomic mass is 79.9. The maximum absolute atomic E-state index is 12.2. The fourth-order valence-corrected chi connectivity index (χ4v) is 3.06. The van der Waals surface area contributed by atoms with Crippen LogP contribution in [0.15, 0.2) is 28.7 Å². The minimum absolute atomic E-state index is 0.0576. The van der Waals surface area contributed by atoms with Crippen molar-refractivity contribution in [1.82, 2.24) is 8.61 Å². The predicted octanol–water partition coefficient (Wildman–Crippen LogP) is 1.53. The molecule has 0 atom stereocenters. The van der Waals surface area contributed by atoms with E-state index in [-0.39, 0.29) is 19.5 Å². The highest BCUT2D eigenvalue weighted by Gasteiger charge is 2.24. The van der Waals surface area contributed by atoms with Crippen LogP contribution in [0.2, 0.25) is 0 Å². The first-order chi connectivity index (χ1) is 9.25. The number of carboxylic acid groups (broad SMARTS) is 1. The van der Waals surface area contributed by atoms with Gasteiger partial charge in [0.1, 0.15) is 0 Å². The molecule has 8 heteroatoms. The average molecular weight is 365 g/mol. The number of halogens is 1. The molecule has 6 nitrogen and oxygen atoms in total. The zero-order valence-corrected chi connectivity index (χ0v) is 13.7. The smallest absolute Gasteiger partial charge is 0.304 e. The SMILES string of the molecule is CN(CCC(=O)O)S(=O)(=O)N(C)Cc1ccccc1Br. The lowest BCUT2D eigenvalue weighted by molar-refractivity contribution is -0.137. The third kappa shape index (κ3) is 4.55. The van der Waals surface area contributed by atoms with E-state index in [1.807, 2.05) is 24.3 Å². The van der Waals surface area contributed by atoms with Crippen molar-refractivity contribution in [3.05, 3.63) is 34.3 Å². The average Bonchev–Trinajstić information content (AvgIpc) is 2.38. The van der Waals surface area contributed by atoms with Gasteiger partial charge in [0.05, 0.1) is 6.42 Å². The topological polar surface area (TPSA) is 77.9 Å². The number of nitrogens with zero attached hydrogens (tertiary/aromatic N) is 2. The number of hydrogen-bond acceptors (Lipinski definition) is 3. The molecule has 0 spiro atoms. The Kier molecular flexibility index (Phi) is 6.12. The summed E-state index contributed by atoms with van der Waals surface area (Å²) in [4.78, 5) is 10.5. The minimum atomic E-state index is -3.67. The fourth-order valence-electron chi connectivity index (χ4n) is 1.55.